The molecule has 1 aromatic rings. The number of rotatable bonds is 6. The summed E-state index contributed by atoms with van der Waals surface area (Å²) in [5.41, 5.74) is -0.0635. The van der Waals surface area contributed by atoms with Crippen molar-refractivity contribution in [2.24, 2.45) is 0 Å². The minimum atomic E-state index is -3.66. The maximum Gasteiger partial charge on any atom is 0.247 e. The van der Waals surface area contributed by atoms with Gasteiger partial charge >= 0.3 is 0 Å². The van der Waals surface area contributed by atoms with E-state index in [1.54, 1.807) is 32.0 Å². The summed E-state index contributed by atoms with van der Waals surface area (Å²) >= 11 is 6.24. The fourth-order valence-electron chi connectivity index (χ4n) is 4.89. The minimum absolute atomic E-state index is 0.0228. The Morgan fingerprint density at radius 2 is 1.82 bits per heavy atom. The molecule has 1 saturated carbocycles. The van der Waals surface area contributed by atoms with Crippen LogP contribution >= 0.6 is 11.6 Å². The molecule has 0 unspecified atom stereocenters. The van der Waals surface area contributed by atoms with E-state index >= 15 is 0 Å². The van der Waals surface area contributed by atoms with Crippen LogP contribution in [0.3, 0.4) is 0 Å². The molecule has 1 atom stereocenters. The van der Waals surface area contributed by atoms with E-state index in [2.05, 4.69) is 5.32 Å². The molecular weight excluding hydrogens is 462 g/mol. The van der Waals surface area contributed by atoms with Crippen molar-refractivity contribution in [3.05, 3.63) is 28.8 Å². The zero-order valence-electron chi connectivity index (χ0n) is 19.9. The van der Waals surface area contributed by atoms with Crippen molar-refractivity contribution in [1.29, 1.82) is 0 Å². The molecule has 1 aliphatic heterocycles. The van der Waals surface area contributed by atoms with Crippen molar-refractivity contribution in [3.8, 4) is 0 Å². The Balaban J connectivity index is 1.99. The lowest BCUT2D eigenvalue weighted by Crippen LogP contribution is -2.71. The molecule has 1 aliphatic carbocycles. The first-order valence-corrected chi connectivity index (χ1v) is 13.9. The molecule has 1 N–H and O–H groups in total. The summed E-state index contributed by atoms with van der Waals surface area (Å²) in [5, 5.41) is 3.62. The molecule has 7 nitrogen and oxygen atoms in total. The summed E-state index contributed by atoms with van der Waals surface area (Å²) in [6.45, 7) is 4.92. The van der Waals surface area contributed by atoms with Gasteiger partial charge in [-0.2, -0.15) is 4.31 Å². The zero-order chi connectivity index (χ0) is 24.2. The number of carbonyl (C=O) groups excluding carboxylic acids is 2. The van der Waals surface area contributed by atoms with Gasteiger partial charge in [0.05, 0.1) is 12.3 Å². The van der Waals surface area contributed by atoms with Gasteiger partial charge in [0, 0.05) is 23.3 Å². The van der Waals surface area contributed by atoms with Crippen molar-refractivity contribution in [2.45, 2.75) is 83.7 Å². The SMILES string of the molecule is CCCS(=O)(=O)N1CC(=O)N(c2cc(Cl)ccc2C)[C@@](C)(C(=O)NC2CCCCCCC2)C1. The van der Waals surface area contributed by atoms with Gasteiger partial charge < -0.3 is 5.32 Å². The van der Waals surface area contributed by atoms with Crippen molar-refractivity contribution in [3.63, 3.8) is 0 Å². The molecule has 2 aliphatic rings. The third-order valence-electron chi connectivity index (χ3n) is 6.74. The van der Waals surface area contributed by atoms with Crippen LogP contribution in [0.15, 0.2) is 18.2 Å². The highest BCUT2D eigenvalue weighted by Crippen LogP contribution is 2.35. The van der Waals surface area contributed by atoms with Crippen LogP contribution < -0.4 is 10.2 Å². The second-order valence-electron chi connectivity index (χ2n) is 9.53. The molecule has 1 heterocycles. The molecular formula is C24H36ClN3O4S. The number of hydrogen-bond acceptors (Lipinski definition) is 4. The third kappa shape index (κ3) is 5.89. The summed E-state index contributed by atoms with van der Waals surface area (Å²) in [6.07, 6.45) is 7.85. The number of carbonyl (C=O) groups is 2. The fraction of sp³-hybridized carbons (Fsp3) is 0.667. The molecule has 0 spiro atoms. The topological polar surface area (TPSA) is 86.8 Å². The van der Waals surface area contributed by atoms with Gasteiger partial charge in [-0.15, -0.1) is 0 Å². The number of nitrogens with zero attached hydrogens (tertiary/aromatic N) is 2. The van der Waals surface area contributed by atoms with E-state index in [1.807, 2.05) is 6.92 Å². The average molecular weight is 498 g/mol. The van der Waals surface area contributed by atoms with Crippen molar-refractivity contribution in [2.75, 3.05) is 23.7 Å². The number of sulfonamides is 1. The second-order valence-corrected chi connectivity index (χ2v) is 12.1. The Morgan fingerprint density at radius 3 is 2.45 bits per heavy atom. The molecule has 1 saturated heterocycles. The number of amides is 2. The predicted molar refractivity (Wildman–Crippen MR) is 132 cm³/mol. The Labute approximate surface area is 202 Å². The summed E-state index contributed by atoms with van der Waals surface area (Å²) in [5.74, 6) is -0.810. The molecule has 33 heavy (non-hydrogen) atoms. The molecule has 3 rings (SSSR count). The van der Waals surface area contributed by atoms with Gasteiger partial charge in [0.25, 0.3) is 0 Å². The molecule has 2 fully saturated rings. The maximum atomic E-state index is 13.8. The number of benzene rings is 1. The Hall–Kier alpha value is -1.64. The zero-order valence-corrected chi connectivity index (χ0v) is 21.5. The molecule has 0 bridgehead atoms. The van der Waals surface area contributed by atoms with Crippen LogP contribution in [0.25, 0.3) is 0 Å². The largest absolute Gasteiger partial charge is 0.351 e. The highest BCUT2D eigenvalue weighted by Gasteiger charge is 2.51. The van der Waals surface area contributed by atoms with E-state index in [4.69, 9.17) is 11.6 Å². The van der Waals surface area contributed by atoms with Gasteiger partial charge in [0.2, 0.25) is 21.8 Å². The monoisotopic (exact) mass is 497 g/mol. The lowest BCUT2D eigenvalue weighted by Gasteiger charge is -2.47. The number of anilines is 1. The number of piperazine rings is 1. The normalized spacial score (nSPS) is 23.8. The Kier molecular flexibility index (Phi) is 8.45. The van der Waals surface area contributed by atoms with Crippen LogP contribution in [0.4, 0.5) is 5.69 Å². The van der Waals surface area contributed by atoms with Crippen molar-refractivity contribution >= 4 is 39.1 Å². The van der Waals surface area contributed by atoms with Crippen LogP contribution in [0.5, 0.6) is 0 Å². The van der Waals surface area contributed by atoms with Gasteiger partial charge in [0.1, 0.15) is 5.54 Å². The Morgan fingerprint density at radius 1 is 1.18 bits per heavy atom. The molecule has 184 valence electrons. The first kappa shape index (κ1) is 26.0. The molecule has 2 amide bonds. The standard InChI is InChI=1S/C24H36ClN3O4S/c1-4-14-33(31,32)27-16-22(29)28(21-15-19(25)13-12-18(21)2)24(3,17-27)23(30)26-20-10-8-6-5-7-9-11-20/h12-13,15,20H,4-11,14,16-17H2,1-3H3,(H,26,30)/t24-/m1/s1. The van der Waals surface area contributed by atoms with Gasteiger partial charge in [-0.05, 0) is 50.8 Å². The molecule has 9 heteroatoms. The van der Waals surface area contributed by atoms with Crippen LogP contribution in [0.2, 0.25) is 5.02 Å². The first-order chi connectivity index (χ1) is 15.6. The highest BCUT2D eigenvalue weighted by molar-refractivity contribution is 7.89. The van der Waals surface area contributed by atoms with Crippen LogP contribution in [-0.4, -0.2) is 55.0 Å². The summed E-state index contributed by atoms with van der Waals surface area (Å²) in [4.78, 5) is 28.7. The van der Waals surface area contributed by atoms with Crippen LogP contribution in [-0.2, 0) is 19.6 Å². The number of halogens is 1. The van der Waals surface area contributed by atoms with E-state index in [1.165, 1.54) is 15.6 Å². The van der Waals surface area contributed by atoms with Crippen LogP contribution in [0, 0.1) is 6.92 Å². The van der Waals surface area contributed by atoms with E-state index in [9.17, 15) is 18.0 Å². The number of aryl methyl sites for hydroxylation is 1. The van der Waals surface area contributed by atoms with Gasteiger partial charge in [-0.25, -0.2) is 8.42 Å². The average Bonchev–Trinajstić information content (AvgIpc) is 2.71. The smallest absolute Gasteiger partial charge is 0.247 e. The molecule has 1 aromatic carbocycles. The summed E-state index contributed by atoms with van der Waals surface area (Å²) in [6, 6.07) is 5.23. The summed E-state index contributed by atoms with van der Waals surface area (Å²) < 4.78 is 26.9. The molecule has 0 aromatic heterocycles. The maximum absolute atomic E-state index is 13.8. The fourth-order valence-corrected chi connectivity index (χ4v) is 6.58. The highest BCUT2D eigenvalue weighted by atomic mass is 35.5. The predicted octanol–water partition coefficient (Wildman–Crippen LogP) is 4.02. The van der Waals surface area contributed by atoms with Crippen molar-refractivity contribution < 1.29 is 18.0 Å². The lowest BCUT2D eigenvalue weighted by molar-refractivity contribution is -0.133. The van der Waals surface area contributed by atoms with Crippen molar-refractivity contribution in [1.82, 2.24) is 9.62 Å². The lowest BCUT2D eigenvalue weighted by atomic mass is 9.91. The number of hydrogen-bond donors (Lipinski definition) is 1. The quantitative estimate of drug-likeness (QED) is 0.643. The second kappa shape index (κ2) is 10.7. The van der Waals surface area contributed by atoms with E-state index < -0.39 is 21.5 Å². The molecule has 0 radical (unpaired) electrons. The van der Waals surface area contributed by atoms with E-state index in [0.29, 0.717) is 17.1 Å². The van der Waals surface area contributed by atoms with Crippen LogP contribution in [0.1, 0.15) is 70.8 Å². The van der Waals surface area contributed by atoms with Gasteiger partial charge in [0.15, 0.2) is 0 Å². The first-order valence-electron chi connectivity index (χ1n) is 12.0. The van der Waals surface area contributed by atoms with Gasteiger partial charge in [-0.1, -0.05) is 56.7 Å². The minimum Gasteiger partial charge on any atom is -0.351 e. The Bertz CT molecular complexity index is 976. The van der Waals surface area contributed by atoms with Gasteiger partial charge in [-0.3, -0.25) is 14.5 Å². The third-order valence-corrected chi connectivity index (χ3v) is 8.94. The van der Waals surface area contributed by atoms with E-state index in [0.717, 1.165) is 44.1 Å². The number of nitrogens with one attached hydrogen (secondary N) is 1. The summed E-state index contributed by atoms with van der Waals surface area (Å²) in [7, 11) is -3.66. The van der Waals surface area contributed by atoms with E-state index in [-0.39, 0.29) is 30.8 Å².